The molecule has 12 heteroatoms. The van der Waals surface area contributed by atoms with E-state index in [9.17, 15) is 27.1 Å². The number of benzene rings is 1. The summed E-state index contributed by atoms with van der Waals surface area (Å²) >= 11 is 0.764. The number of rotatable bonds is 7. The summed E-state index contributed by atoms with van der Waals surface area (Å²) in [6, 6.07) is 12.4. The van der Waals surface area contributed by atoms with Crippen molar-refractivity contribution < 1.29 is 61.2 Å². The van der Waals surface area contributed by atoms with Crippen LogP contribution in [0.5, 0.6) is 0 Å². The number of hydrogen-bond acceptors (Lipinski definition) is 7. The van der Waals surface area contributed by atoms with Crippen LogP contribution in [0.15, 0.2) is 57.3 Å². The van der Waals surface area contributed by atoms with Crippen molar-refractivity contribution in [1.29, 1.82) is 0 Å². The number of nitrogens with one attached hydrogen (secondary N) is 1. The molecule has 0 spiro atoms. The van der Waals surface area contributed by atoms with Gasteiger partial charge in [-0.1, -0.05) is 42.4 Å². The SMILES string of the molecule is CC1[C@H](c2ccccc2)[C@]1(NS(=O)(=O)c1ccc(-c2cc(C(C)(F)F)on2)s1)C(=O)[O-].[Na+]. The standard InChI is InChI=1S/C20H18F2N2O5S2.Na/c1-11-17(12-6-4-3-5-7-12)20(11,18(25)26)24-31(27,28)16-9-8-14(30-16)13-10-15(29-23-13)19(2,21)22;/h3-11,17,24H,1-2H3,(H,25,26);/q;+1/p-1/t11?,17-,20+;/m1./s1. The minimum atomic E-state index is -4.24. The molecule has 1 saturated carbocycles. The number of thiophene rings is 1. The summed E-state index contributed by atoms with van der Waals surface area (Å²) < 4.78 is 59.4. The average Bonchev–Trinajstić information content (AvgIpc) is 3.13. The van der Waals surface area contributed by atoms with E-state index in [1.54, 1.807) is 37.3 Å². The van der Waals surface area contributed by atoms with Gasteiger partial charge in [0.15, 0.2) is 0 Å². The molecule has 1 unspecified atom stereocenters. The molecule has 0 aliphatic heterocycles. The monoisotopic (exact) mass is 490 g/mol. The van der Waals surface area contributed by atoms with E-state index in [-0.39, 0.29) is 44.3 Å². The van der Waals surface area contributed by atoms with Gasteiger partial charge in [-0.15, -0.1) is 11.3 Å². The summed E-state index contributed by atoms with van der Waals surface area (Å²) in [5.74, 6) is -6.50. The Labute approximate surface area is 209 Å². The van der Waals surface area contributed by atoms with Crippen molar-refractivity contribution in [2.24, 2.45) is 5.92 Å². The minimum Gasteiger partial charge on any atom is -0.548 e. The van der Waals surface area contributed by atoms with Crippen LogP contribution in [0, 0.1) is 5.92 Å². The summed E-state index contributed by atoms with van der Waals surface area (Å²) in [6.45, 7) is 2.29. The first-order chi connectivity index (χ1) is 14.5. The van der Waals surface area contributed by atoms with Gasteiger partial charge >= 0.3 is 35.5 Å². The van der Waals surface area contributed by atoms with Crippen molar-refractivity contribution in [2.45, 2.75) is 35.4 Å². The number of carboxylic acids is 1. The molecule has 3 atom stereocenters. The normalized spacial score (nSPS) is 22.9. The number of carbonyl (C=O) groups is 1. The van der Waals surface area contributed by atoms with E-state index in [1.165, 1.54) is 12.1 Å². The van der Waals surface area contributed by atoms with Crippen molar-refractivity contribution in [3.63, 3.8) is 0 Å². The Hall–Kier alpha value is -1.63. The zero-order valence-electron chi connectivity index (χ0n) is 17.3. The summed E-state index contributed by atoms with van der Waals surface area (Å²) in [5.41, 5.74) is -1.04. The predicted octanol–water partition coefficient (Wildman–Crippen LogP) is -0.281. The van der Waals surface area contributed by atoms with Crippen molar-refractivity contribution in [3.8, 4) is 10.6 Å². The van der Waals surface area contributed by atoms with Gasteiger partial charge in [0.25, 0.3) is 10.0 Å². The van der Waals surface area contributed by atoms with E-state index >= 15 is 0 Å². The number of nitrogens with zero attached hydrogens (tertiary/aromatic N) is 1. The third-order valence-corrected chi connectivity index (χ3v) is 8.52. The van der Waals surface area contributed by atoms with Crippen molar-refractivity contribution in [3.05, 3.63) is 59.9 Å². The molecule has 1 aliphatic rings. The molecule has 7 nitrogen and oxygen atoms in total. The summed E-state index contributed by atoms with van der Waals surface area (Å²) in [6.07, 6.45) is 0. The Kier molecular flexibility index (Phi) is 6.73. The average molecular weight is 490 g/mol. The van der Waals surface area contributed by atoms with E-state index in [0.717, 1.165) is 17.4 Å². The summed E-state index contributed by atoms with van der Waals surface area (Å²) in [7, 11) is -4.24. The van der Waals surface area contributed by atoms with E-state index in [2.05, 4.69) is 14.4 Å². The van der Waals surface area contributed by atoms with Crippen LogP contribution in [0.3, 0.4) is 0 Å². The molecule has 1 N–H and O–H groups in total. The molecule has 2 aromatic heterocycles. The fourth-order valence-corrected chi connectivity index (χ4v) is 6.47. The van der Waals surface area contributed by atoms with Crippen LogP contribution in [-0.4, -0.2) is 25.1 Å². The van der Waals surface area contributed by atoms with Gasteiger partial charge in [0.05, 0.1) is 16.4 Å². The van der Waals surface area contributed by atoms with Crippen LogP contribution in [-0.2, 0) is 20.7 Å². The Balaban J connectivity index is 0.00000289. The fraction of sp³-hybridized carbons (Fsp3) is 0.300. The molecule has 164 valence electrons. The van der Waals surface area contributed by atoms with Crippen molar-refractivity contribution >= 4 is 27.3 Å². The summed E-state index contributed by atoms with van der Waals surface area (Å²) in [4.78, 5) is 12.3. The second-order valence-corrected chi connectivity index (χ2v) is 10.5. The smallest absolute Gasteiger partial charge is 0.548 e. The number of carbonyl (C=O) groups excluding carboxylic acids is 1. The zero-order valence-corrected chi connectivity index (χ0v) is 21.0. The van der Waals surface area contributed by atoms with Gasteiger partial charge in [-0.25, -0.2) is 8.42 Å². The van der Waals surface area contributed by atoms with Crippen molar-refractivity contribution in [1.82, 2.24) is 9.88 Å². The van der Waals surface area contributed by atoms with Crippen LogP contribution in [0.25, 0.3) is 10.6 Å². The van der Waals surface area contributed by atoms with Crippen LogP contribution in [0.1, 0.15) is 31.1 Å². The van der Waals surface area contributed by atoms with Gasteiger partial charge in [-0.3, -0.25) is 0 Å². The summed E-state index contributed by atoms with van der Waals surface area (Å²) in [5, 5.41) is 15.5. The van der Waals surface area contributed by atoms with Crippen LogP contribution < -0.4 is 39.4 Å². The number of aliphatic carboxylic acids is 1. The second-order valence-electron chi connectivity index (χ2n) is 7.52. The second kappa shape index (κ2) is 8.62. The Morgan fingerprint density at radius 3 is 2.47 bits per heavy atom. The largest absolute Gasteiger partial charge is 1.00 e. The van der Waals surface area contributed by atoms with Crippen molar-refractivity contribution in [2.75, 3.05) is 0 Å². The first kappa shape index (κ1) is 25.0. The Morgan fingerprint density at radius 1 is 1.25 bits per heavy atom. The predicted molar refractivity (Wildman–Crippen MR) is 106 cm³/mol. The quantitative estimate of drug-likeness (QED) is 0.456. The van der Waals surface area contributed by atoms with Gasteiger partial charge in [0, 0.05) is 18.9 Å². The Morgan fingerprint density at radius 2 is 1.91 bits per heavy atom. The molecule has 0 amide bonds. The third-order valence-electron chi connectivity index (χ3n) is 5.44. The Bertz CT molecular complexity index is 1240. The molecule has 0 radical (unpaired) electrons. The molecule has 0 bridgehead atoms. The number of alkyl halides is 2. The number of halogens is 2. The topological polar surface area (TPSA) is 112 Å². The van der Waals surface area contributed by atoms with E-state index in [0.29, 0.717) is 12.5 Å². The first-order valence-electron chi connectivity index (χ1n) is 9.22. The van der Waals surface area contributed by atoms with E-state index < -0.39 is 45.1 Å². The maximum Gasteiger partial charge on any atom is 1.00 e. The molecular formula is C20H17F2N2NaO5S2. The molecule has 32 heavy (non-hydrogen) atoms. The number of aromatic nitrogens is 1. The minimum absolute atomic E-state index is 0. The zero-order chi connectivity index (χ0) is 22.6. The van der Waals surface area contributed by atoms with E-state index in [1.807, 2.05) is 0 Å². The fourth-order valence-electron chi connectivity index (χ4n) is 3.76. The molecule has 1 aliphatic carbocycles. The van der Waals surface area contributed by atoms with Gasteiger partial charge in [-0.2, -0.15) is 13.5 Å². The first-order valence-corrected chi connectivity index (χ1v) is 11.5. The van der Waals surface area contributed by atoms with Gasteiger partial charge in [0.1, 0.15) is 9.90 Å². The van der Waals surface area contributed by atoms with Gasteiger partial charge < -0.3 is 14.4 Å². The molecule has 3 aromatic rings. The maximum atomic E-state index is 13.4. The molecule has 0 saturated heterocycles. The number of sulfonamides is 1. The molecule has 1 fully saturated rings. The van der Waals surface area contributed by atoms with Crippen LogP contribution in [0.4, 0.5) is 8.78 Å². The molecular weight excluding hydrogens is 473 g/mol. The molecule has 4 rings (SSSR count). The number of carboxylic acid groups (broad SMARTS) is 1. The molecule has 1 aromatic carbocycles. The third kappa shape index (κ3) is 4.29. The molecule has 2 heterocycles. The van der Waals surface area contributed by atoms with Crippen LogP contribution >= 0.6 is 11.3 Å². The van der Waals surface area contributed by atoms with Gasteiger partial charge in [0.2, 0.25) is 5.76 Å². The van der Waals surface area contributed by atoms with Gasteiger partial charge in [-0.05, 0) is 23.6 Å². The number of hydrogen-bond donors (Lipinski definition) is 1. The van der Waals surface area contributed by atoms with Crippen LogP contribution in [0.2, 0.25) is 0 Å². The maximum absolute atomic E-state index is 13.4. The van der Waals surface area contributed by atoms with E-state index in [4.69, 9.17) is 0 Å².